The van der Waals surface area contributed by atoms with Crippen molar-refractivity contribution in [2.45, 2.75) is 13.8 Å². The van der Waals surface area contributed by atoms with Crippen LogP contribution in [0.5, 0.6) is 0 Å². The van der Waals surface area contributed by atoms with Crippen LogP contribution < -0.4 is 0 Å². The minimum atomic E-state index is 1.34. The molecule has 0 heterocycles. The average Bonchev–Trinajstić information content (AvgIpc) is 2.06. The van der Waals surface area contributed by atoms with Crippen molar-refractivity contribution in [2.24, 2.45) is 0 Å². The Labute approximate surface area is 95.0 Å². The molecule has 0 spiro atoms. The van der Waals surface area contributed by atoms with Crippen molar-refractivity contribution < 1.29 is 0 Å². The number of benzene rings is 1. The number of hydrogen-bond donors (Lipinski definition) is 2. The molecule has 1 aromatic rings. The van der Waals surface area contributed by atoms with Gasteiger partial charge in [-0.25, -0.2) is 10.8 Å². The van der Waals surface area contributed by atoms with Crippen molar-refractivity contribution in [3.63, 3.8) is 0 Å². The highest BCUT2D eigenvalue weighted by molar-refractivity contribution is 7.78. The molecule has 0 saturated heterocycles. The molecule has 4 heteroatoms. The number of aryl methyl sites for hydroxylation is 2. The molecule has 14 heavy (non-hydrogen) atoms. The molecule has 0 saturated carbocycles. The largest absolute Gasteiger partial charge is 0.248 e. The van der Waals surface area contributed by atoms with E-state index in [2.05, 4.69) is 62.5 Å². The van der Waals surface area contributed by atoms with Gasteiger partial charge in [-0.1, -0.05) is 35.4 Å². The van der Waals surface area contributed by atoms with Gasteiger partial charge >= 0.3 is 0 Å². The monoisotopic (exact) mass is 224 g/mol. The van der Waals surface area contributed by atoms with Gasteiger partial charge in [-0.15, -0.1) is 0 Å². The highest BCUT2D eigenvalue weighted by Crippen LogP contribution is 2.00. The highest BCUT2D eigenvalue weighted by atomic mass is 32.1. The van der Waals surface area contributed by atoms with Crippen molar-refractivity contribution in [2.75, 3.05) is 0 Å². The van der Waals surface area contributed by atoms with Crippen LogP contribution in [0.3, 0.4) is 0 Å². The molecule has 2 N–H and O–H groups in total. The van der Waals surface area contributed by atoms with Crippen LogP contribution in [0.1, 0.15) is 11.1 Å². The van der Waals surface area contributed by atoms with Crippen LogP contribution in [0, 0.1) is 24.7 Å². The number of isothiocyanates is 2. The van der Waals surface area contributed by atoms with E-state index in [1.807, 2.05) is 0 Å². The van der Waals surface area contributed by atoms with Crippen LogP contribution >= 0.6 is 24.4 Å². The summed E-state index contributed by atoms with van der Waals surface area (Å²) in [7, 11) is 0. The summed E-state index contributed by atoms with van der Waals surface area (Å²) >= 11 is 7.62. The van der Waals surface area contributed by atoms with Crippen molar-refractivity contribution in [1.29, 1.82) is 10.8 Å². The molecular weight excluding hydrogens is 212 g/mol. The number of hydrogen-bond acceptors (Lipinski definition) is 4. The van der Waals surface area contributed by atoms with Crippen LogP contribution in [0.15, 0.2) is 24.3 Å². The Bertz CT molecular complexity index is 293. The van der Waals surface area contributed by atoms with Crippen molar-refractivity contribution in [3.8, 4) is 0 Å². The lowest BCUT2D eigenvalue weighted by molar-refractivity contribution is 1.39. The molecule has 0 radical (unpaired) electrons. The standard InChI is InChI=1S/C8H10.2CHNS/c1-7-4-3-5-8(2)6-7;2*2-1-3/h3-6H,1-2H3;2*2H. The van der Waals surface area contributed by atoms with E-state index in [1.54, 1.807) is 10.3 Å². The van der Waals surface area contributed by atoms with Crippen LogP contribution in [-0.2, 0) is 0 Å². The maximum atomic E-state index is 5.77. The lowest BCUT2D eigenvalue weighted by Gasteiger charge is -1.90. The summed E-state index contributed by atoms with van der Waals surface area (Å²) in [5, 5.41) is 14.7. The molecule has 0 fully saturated rings. The molecule has 0 aliphatic rings. The van der Waals surface area contributed by atoms with E-state index in [1.165, 1.54) is 11.1 Å². The highest BCUT2D eigenvalue weighted by Gasteiger charge is 1.80. The van der Waals surface area contributed by atoms with Gasteiger partial charge in [0.15, 0.2) is 0 Å². The van der Waals surface area contributed by atoms with Gasteiger partial charge in [0.1, 0.15) is 0 Å². The van der Waals surface area contributed by atoms with Gasteiger partial charge in [0.25, 0.3) is 0 Å². The van der Waals surface area contributed by atoms with Gasteiger partial charge in [0, 0.05) is 0 Å². The summed E-state index contributed by atoms with van der Waals surface area (Å²) in [5.74, 6) is 0. The van der Waals surface area contributed by atoms with Crippen molar-refractivity contribution >= 4 is 34.8 Å². The molecule has 0 atom stereocenters. The molecule has 0 amide bonds. The molecule has 0 bridgehead atoms. The Kier molecular flexibility index (Phi) is 12.9. The summed E-state index contributed by atoms with van der Waals surface area (Å²) in [6.07, 6.45) is 0. The first-order valence-electron chi connectivity index (χ1n) is 3.73. The molecule has 2 nitrogen and oxygen atoms in total. The summed E-state index contributed by atoms with van der Waals surface area (Å²) in [5.41, 5.74) is 2.68. The second kappa shape index (κ2) is 11.8. The Morgan fingerprint density at radius 2 is 1.29 bits per heavy atom. The van der Waals surface area contributed by atoms with Crippen LogP contribution in [0.25, 0.3) is 0 Å². The van der Waals surface area contributed by atoms with Crippen LogP contribution in [0.2, 0.25) is 0 Å². The van der Waals surface area contributed by atoms with Gasteiger partial charge in [-0.3, -0.25) is 0 Å². The SMILES string of the molecule is Cc1cccc(C)c1.N=C=S.N=C=S. The van der Waals surface area contributed by atoms with Crippen molar-refractivity contribution in [3.05, 3.63) is 35.4 Å². The van der Waals surface area contributed by atoms with Crippen molar-refractivity contribution in [1.82, 2.24) is 0 Å². The zero-order chi connectivity index (χ0) is 11.4. The van der Waals surface area contributed by atoms with Gasteiger partial charge in [0.2, 0.25) is 0 Å². The third-order valence-electron chi connectivity index (χ3n) is 1.17. The molecule has 1 rings (SSSR count). The molecule has 0 unspecified atom stereocenters. The topological polar surface area (TPSA) is 47.7 Å². The van der Waals surface area contributed by atoms with Crippen LogP contribution in [-0.4, -0.2) is 10.3 Å². The van der Waals surface area contributed by atoms with E-state index in [4.69, 9.17) is 10.8 Å². The fraction of sp³-hybridized carbons (Fsp3) is 0.200. The Balaban J connectivity index is 0. The summed E-state index contributed by atoms with van der Waals surface area (Å²) < 4.78 is 0. The second-order valence-electron chi connectivity index (χ2n) is 2.36. The number of rotatable bonds is 0. The molecule has 0 aliphatic carbocycles. The first kappa shape index (κ1) is 15.3. The van der Waals surface area contributed by atoms with E-state index >= 15 is 0 Å². The van der Waals surface area contributed by atoms with Gasteiger partial charge in [0.05, 0.1) is 10.3 Å². The number of nitrogens with one attached hydrogen (secondary N) is 2. The third kappa shape index (κ3) is 13.4. The van der Waals surface area contributed by atoms with Gasteiger partial charge < -0.3 is 0 Å². The number of thiocarbonyl (C=S) groups is 2. The molecule has 74 valence electrons. The summed E-state index contributed by atoms with van der Waals surface area (Å²) in [6.45, 7) is 4.21. The molecule has 0 aromatic heterocycles. The second-order valence-corrected chi connectivity index (χ2v) is 2.77. The minimum absolute atomic E-state index is 1.34. The Morgan fingerprint density at radius 1 is 1.00 bits per heavy atom. The molecule has 0 aliphatic heterocycles. The average molecular weight is 224 g/mol. The third-order valence-corrected chi connectivity index (χ3v) is 1.17. The maximum Gasteiger partial charge on any atom is 0.0554 e. The van der Waals surface area contributed by atoms with E-state index in [0.29, 0.717) is 0 Å². The van der Waals surface area contributed by atoms with E-state index < -0.39 is 0 Å². The maximum absolute atomic E-state index is 5.77. The minimum Gasteiger partial charge on any atom is -0.248 e. The normalized spacial score (nSPS) is 6.43. The Hall–Kier alpha value is -1.18. The molecule has 1 aromatic carbocycles. The fourth-order valence-corrected chi connectivity index (χ4v) is 0.807. The fourth-order valence-electron chi connectivity index (χ4n) is 0.807. The van der Waals surface area contributed by atoms with E-state index in [-0.39, 0.29) is 0 Å². The zero-order valence-corrected chi connectivity index (χ0v) is 9.76. The smallest absolute Gasteiger partial charge is 0.0554 e. The quantitative estimate of drug-likeness (QED) is 0.522. The van der Waals surface area contributed by atoms with E-state index in [0.717, 1.165) is 0 Å². The Morgan fingerprint density at radius 3 is 1.43 bits per heavy atom. The summed E-state index contributed by atoms with van der Waals surface area (Å²) in [4.78, 5) is 0. The first-order chi connectivity index (χ1) is 6.62. The predicted octanol–water partition coefficient (Wildman–Crippen LogP) is 3.64. The molecular formula is C10H12N2S2. The lowest BCUT2D eigenvalue weighted by Crippen LogP contribution is -1.71. The van der Waals surface area contributed by atoms with Gasteiger partial charge in [-0.05, 0) is 38.3 Å². The van der Waals surface area contributed by atoms with E-state index in [9.17, 15) is 0 Å². The van der Waals surface area contributed by atoms with Gasteiger partial charge in [-0.2, -0.15) is 0 Å². The summed E-state index contributed by atoms with van der Waals surface area (Å²) in [6, 6.07) is 8.45. The zero-order valence-electron chi connectivity index (χ0n) is 8.13. The lowest BCUT2D eigenvalue weighted by atomic mass is 10.2. The van der Waals surface area contributed by atoms with Crippen LogP contribution in [0.4, 0.5) is 0 Å². The predicted molar refractivity (Wildman–Crippen MR) is 66.6 cm³/mol. The first-order valence-corrected chi connectivity index (χ1v) is 4.55.